The molecule has 2 unspecified atom stereocenters. The van der Waals surface area contributed by atoms with Crippen LogP contribution in [0.5, 0.6) is 0 Å². The summed E-state index contributed by atoms with van der Waals surface area (Å²) in [7, 11) is 0. The maximum atomic E-state index is 7.29. The van der Waals surface area contributed by atoms with Crippen molar-refractivity contribution in [3.8, 4) is 0 Å². The van der Waals surface area contributed by atoms with E-state index < -0.39 is 0 Å². The Morgan fingerprint density at radius 3 is 0.641 bits per heavy atom. The number of nitrogens with one attached hydrogen (secondary N) is 2. The summed E-state index contributed by atoms with van der Waals surface area (Å²) in [5, 5.41) is 50.1. The molecule has 11 fully saturated rings. The largest absolute Gasteiger partial charge is 0.676 e. The molecule has 12 heteroatoms. The maximum Gasteiger partial charge on any atom is 0 e. The first-order valence-electron chi connectivity index (χ1n) is 40.8. The summed E-state index contributed by atoms with van der Waals surface area (Å²) in [5.41, 5.74) is 14.6. The normalized spacial score (nSPS) is 49.9. The second-order valence-corrected chi connectivity index (χ2v) is 33.0. The van der Waals surface area contributed by atoms with Crippen LogP contribution in [0.25, 0.3) is 54.0 Å². The molecule has 11 rings (SSSR count). The van der Waals surface area contributed by atoms with Gasteiger partial charge in [0.25, 0.3) is 0 Å². The van der Waals surface area contributed by atoms with Crippen LogP contribution in [-0.4, -0.2) is 109 Å². The predicted octanol–water partition coefficient (Wildman–Crippen LogP) is 23.2. The molecule has 10 aliphatic heterocycles. The molecule has 0 amide bonds. The van der Waals surface area contributed by atoms with Gasteiger partial charge in [0.1, 0.15) is 0 Å². The van der Waals surface area contributed by atoms with Crippen LogP contribution in [0.1, 0.15) is 291 Å². The van der Waals surface area contributed by atoms with Gasteiger partial charge in [0.05, 0.1) is 0 Å². The van der Waals surface area contributed by atoms with Crippen LogP contribution in [-0.2, 0) is 39.0 Å². The molecule has 10 saturated heterocycles. The van der Waals surface area contributed by atoms with Gasteiger partial charge < -0.3 is 54.0 Å². The number of hydrogen-bond donors (Lipinski definition) is 0. The average Bonchev–Trinajstić information content (AvgIpc) is 1.61. The molecule has 0 aromatic carbocycles. The van der Waals surface area contributed by atoms with E-state index in [2.05, 4.69) is 111 Å². The quantitative estimate of drug-likeness (QED) is 0.113. The standard InChI is InChI=1S/C74H130N8.C6H12N2.2Zn/c1-17-41-35-60-56(32-16)70-51(27-11)46(22-6)68(78-70)40-69-50(26-10)55(31-15)74(82-69)57(71-52(28-12)47(23-7)65(79-71)36-59(41)75-60)33-34-58-72-53(29-13)48(24-8)66(80-72)38-63-44(20-4)42(18-2)61(76-63)37-62-43(19-3)45(21-5)64(77-62)39-67-49(25-9)54(30-14)73(58)81-67;7-5-3-1-2-4-6(5)8;;/h41-74H,17-40H2,1-16H3;5-8H,1-4H2;;/q-8;-2;;/t41-,42-,43+,44+,45-,46+,47+,48-,49+,50-,51-,52-,53+,54-,55+,56+,57-,58?,59-,60-,61-,62+,63+,64-,65+,66-,67+,68+,69-,70+,71+,72-,73+,74-;5-,6?;;/m11../s1. The summed E-state index contributed by atoms with van der Waals surface area (Å²) in [6.07, 6.45) is 33.6. The fraction of sp³-hybridized carbons (Fsp3) is 1.00. The molecular weight excluding hydrogens is 1230 g/mol. The van der Waals surface area contributed by atoms with Crippen LogP contribution in [0.3, 0.4) is 0 Å². The molecule has 0 spiro atoms. The molecular formula is C80H142N10Zn2-10. The van der Waals surface area contributed by atoms with Gasteiger partial charge >= 0.3 is 0 Å². The number of hydrogen-bond acceptors (Lipinski definition) is 0. The zero-order chi connectivity index (χ0) is 64.2. The van der Waals surface area contributed by atoms with Gasteiger partial charge in [-0.3, -0.25) is 0 Å². The molecule has 92 heavy (non-hydrogen) atoms. The number of fused-ring (bicyclic) bond motifs is 16. The molecule has 2 N–H and O–H groups in total. The Labute approximate surface area is 594 Å². The zero-order valence-corrected chi connectivity index (χ0v) is 68.5. The van der Waals surface area contributed by atoms with Gasteiger partial charge in [-0.1, -0.05) is 397 Å². The molecule has 16 bridgehead atoms. The predicted molar refractivity (Wildman–Crippen MR) is 387 cm³/mol. The van der Waals surface area contributed by atoms with E-state index in [0.29, 0.717) is 203 Å². The molecule has 10 nitrogen and oxygen atoms in total. The van der Waals surface area contributed by atoms with Crippen LogP contribution in [0.4, 0.5) is 0 Å². The van der Waals surface area contributed by atoms with Crippen molar-refractivity contribution in [1.29, 1.82) is 0 Å². The van der Waals surface area contributed by atoms with Crippen LogP contribution in [0, 0.1) is 107 Å². The van der Waals surface area contributed by atoms with E-state index in [9.17, 15) is 0 Å². The molecule has 0 aromatic rings. The van der Waals surface area contributed by atoms with Crippen LogP contribution in [0.15, 0.2) is 0 Å². The van der Waals surface area contributed by atoms with Gasteiger partial charge in [0.15, 0.2) is 0 Å². The van der Waals surface area contributed by atoms with Crippen molar-refractivity contribution < 1.29 is 39.0 Å². The van der Waals surface area contributed by atoms with Gasteiger partial charge in [-0.15, -0.1) is 96.7 Å². The third-order valence-corrected chi connectivity index (χ3v) is 29.8. The number of nitrogens with zero attached hydrogens (tertiary/aromatic N) is 8. The minimum Gasteiger partial charge on any atom is -0.676 e. The van der Waals surface area contributed by atoms with E-state index in [-0.39, 0.29) is 51.0 Å². The molecule has 0 aromatic heterocycles. The van der Waals surface area contributed by atoms with Gasteiger partial charge in [-0.2, -0.15) is 12.1 Å². The Hall–Kier alpha value is 0.847. The SMILES string of the molecule is CC[C@@H]1C[C@H]2[N-][C@@H]1C[C@@H]1[N-][C@H]([C@@H](CCC3[C@H]4[N-][C@@H](C[C@H]5[N-][C@@H](C[C@H]6[N-][C@@H](C[C@H]7[N-][C@@H]3[C@@H](CC)[C@H]7CC)[C@@H](CC)[C@H]6CC)[C@@H](CC)[C@H]5CC)[C@@H](CC)[C@H]4CC)[C@@H]3[N-][C@H](C[C@@H]4[N-][C@@H]([C@H](CC)[C@@H]4CC)[C@H]2CC)[C@H](CC)[C@@H]3CC)[C@H](CC)[C@@H]1CC.[NH-]C1CCCC[C@H]1[NH-].[Zn].[Zn]. The van der Waals surface area contributed by atoms with E-state index in [1.165, 1.54) is 167 Å². The smallest absolute Gasteiger partial charge is 0 e. The molecule has 11 aliphatic rings. The second kappa shape index (κ2) is 36.1. The summed E-state index contributed by atoms with van der Waals surface area (Å²) in [6, 6.07) is 6.29. The summed E-state index contributed by atoms with van der Waals surface area (Å²) in [6.45, 7) is 40.3. The Morgan fingerprint density at radius 1 is 0.217 bits per heavy atom. The minimum absolute atomic E-state index is 0. The van der Waals surface area contributed by atoms with Crippen LogP contribution < -0.4 is 0 Å². The fourth-order valence-corrected chi connectivity index (χ4v) is 25.6. The van der Waals surface area contributed by atoms with Crippen molar-refractivity contribution in [3.05, 3.63) is 54.0 Å². The van der Waals surface area contributed by atoms with Gasteiger partial charge in [0.2, 0.25) is 0 Å². The maximum absolute atomic E-state index is 7.29. The van der Waals surface area contributed by atoms with Crippen molar-refractivity contribution >= 4 is 0 Å². The summed E-state index contributed by atoms with van der Waals surface area (Å²) < 4.78 is 0. The van der Waals surface area contributed by atoms with Crippen molar-refractivity contribution in [2.45, 2.75) is 399 Å². The van der Waals surface area contributed by atoms with Crippen molar-refractivity contribution in [1.82, 2.24) is 0 Å². The molecule has 1 aliphatic carbocycles. The molecule has 1 saturated carbocycles. The molecule has 10 heterocycles. The second-order valence-electron chi connectivity index (χ2n) is 33.0. The Kier molecular flexibility index (Phi) is 30.9. The summed E-state index contributed by atoms with van der Waals surface area (Å²) in [5.74, 6) is 11.1. The summed E-state index contributed by atoms with van der Waals surface area (Å²) in [4.78, 5) is 0. The van der Waals surface area contributed by atoms with Crippen molar-refractivity contribution in [2.75, 3.05) is 0 Å². The topological polar surface area (TPSA) is 160 Å². The van der Waals surface area contributed by atoms with Gasteiger partial charge in [0, 0.05) is 39.0 Å². The van der Waals surface area contributed by atoms with Crippen molar-refractivity contribution in [3.63, 3.8) is 0 Å². The van der Waals surface area contributed by atoms with Crippen LogP contribution >= 0.6 is 0 Å². The van der Waals surface area contributed by atoms with E-state index >= 15 is 0 Å². The van der Waals surface area contributed by atoms with Gasteiger partial charge in [-0.25, -0.2) is 0 Å². The Bertz CT molecular complexity index is 2050. The molecule has 0 radical (unpaired) electrons. The van der Waals surface area contributed by atoms with E-state index in [4.69, 9.17) is 54.0 Å². The zero-order valence-electron chi connectivity index (χ0n) is 62.6. The third-order valence-electron chi connectivity index (χ3n) is 29.8. The Morgan fingerprint density at radius 2 is 0.413 bits per heavy atom. The minimum atomic E-state index is -0.0799. The first-order chi connectivity index (χ1) is 43.7. The average molecular weight is 1370 g/mol. The third kappa shape index (κ3) is 15.6. The number of rotatable bonds is 19. The van der Waals surface area contributed by atoms with Gasteiger partial charge in [-0.05, 0) is 0 Å². The monoisotopic (exact) mass is 1370 g/mol. The fourth-order valence-electron chi connectivity index (χ4n) is 25.6. The van der Waals surface area contributed by atoms with E-state index in [0.717, 1.165) is 12.8 Å². The molecule has 36 atom stereocenters. The molecule has 526 valence electrons. The van der Waals surface area contributed by atoms with Crippen molar-refractivity contribution in [2.24, 2.45) is 107 Å². The first-order valence-corrected chi connectivity index (χ1v) is 40.8. The first kappa shape index (κ1) is 78.6. The summed E-state index contributed by atoms with van der Waals surface area (Å²) >= 11 is 0. The van der Waals surface area contributed by atoms with E-state index in [1.54, 1.807) is 0 Å². The van der Waals surface area contributed by atoms with E-state index in [1.807, 2.05) is 0 Å². The Balaban J connectivity index is 0.00000101. The van der Waals surface area contributed by atoms with Crippen LogP contribution in [0.2, 0.25) is 0 Å².